The van der Waals surface area contributed by atoms with Gasteiger partial charge < -0.3 is 16.0 Å². The van der Waals surface area contributed by atoms with Gasteiger partial charge in [-0.05, 0) is 24.6 Å². The average molecular weight is 296 g/mol. The molecule has 1 saturated heterocycles. The quantitative estimate of drug-likeness (QED) is 0.767. The third-order valence-corrected chi connectivity index (χ3v) is 3.75. The van der Waals surface area contributed by atoms with Crippen LogP contribution in [0.1, 0.15) is 12.0 Å². The first-order valence-corrected chi connectivity index (χ1v) is 6.99. The highest BCUT2D eigenvalue weighted by Crippen LogP contribution is 2.22. The molecule has 1 fully saturated rings. The van der Waals surface area contributed by atoms with Gasteiger partial charge in [0.05, 0.1) is 5.92 Å². The number of halogens is 1. The number of nitrogens with one attached hydrogen (secondary N) is 3. The van der Waals surface area contributed by atoms with Crippen molar-refractivity contribution in [3.8, 4) is 0 Å². The second-order valence-corrected chi connectivity index (χ2v) is 5.26. The van der Waals surface area contributed by atoms with Crippen LogP contribution in [0.4, 0.5) is 5.69 Å². The van der Waals surface area contributed by atoms with Gasteiger partial charge in [-0.15, -0.1) is 0 Å². The SMILES string of the molecule is Cc1c(Cl)cccc1NC(=O)CCNC(=O)C1CNC1. The van der Waals surface area contributed by atoms with Gasteiger partial charge in [0.2, 0.25) is 11.8 Å². The van der Waals surface area contributed by atoms with Crippen LogP contribution in [-0.4, -0.2) is 31.4 Å². The first-order chi connectivity index (χ1) is 9.58. The molecule has 5 nitrogen and oxygen atoms in total. The van der Waals surface area contributed by atoms with E-state index in [-0.39, 0.29) is 24.2 Å². The minimum atomic E-state index is -0.137. The zero-order chi connectivity index (χ0) is 14.5. The topological polar surface area (TPSA) is 70.2 Å². The van der Waals surface area contributed by atoms with Gasteiger partial charge in [-0.25, -0.2) is 0 Å². The summed E-state index contributed by atoms with van der Waals surface area (Å²) in [5, 5.41) is 9.21. The van der Waals surface area contributed by atoms with Crippen molar-refractivity contribution >= 4 is 29.1 Å². The molecule has 0 saturated carbocycles. The Morgan fingerprint density at radius 2 is 2.15 bits per heavy atom. The van der Waals surface area contributed by atoms with Gasteiger partial charge in [0, 0.05) is 36.8 Å². The second kappa shape index (κ2) is 6.72. The fraction of sp³-hybridized carbons (Fsp3) is 0.429. The molecule has 0 aromatic heterocycles. The van der Waals surface area contributed by atoms with E-state index < -0.39 is 0 Å². The fourth-order valence-corrected chi connectivity index (χ4v) is 2.05. The van der Waals surface area contributed by atoms with E-state index >= 15 is 0 Å². The van der Waals surface area contributed by atoms with E-state index in [0.29, 0.717) is 17.3 Å². The summed E-state index contributed by atoms with van der Waals surface area (Å²) < 4.78 is 0. The van der Waals surface area contributed by atoms with Crippen molar-refractivity contribution in [2.24, 2.45) is 5.92 Å². The van der Waals surface area contributed by atoms with E-state index in [1.807, 2.05) is 6.92 Å². The highest BCUT2D eigenvalue weighted by molar-refractivity contribution is 6.31. The third-order valence-electron chi connectivity index (χ3n) is 3.35. The molecule has 1 aromatic rings. The Bertz CT molecular complexity index is 515. The normalized spacial score (nSPS) is 14.5. The lowest BCUT2D eigenvalue weighted by molar-refractivity contribution is -0.126. The average Bonchev–Trinajstić information content (AvgIpc) is 2.33. The van der Waals surface area contributed by atoms with E-state index in [1.54, 1.807) is 18.2 Å². The molecule has 0 atom stereocenters. The number of carbonyl (C=O) groups is 2. The third kappa shape index (κ3) is 3.71. The lowest BCUT2D eigenvalue weighted by Crippen LogP contribution is -2.51. The van der Waals surface area contributed by atoms with Gasteiger partial charge in [-0.3, -0.25) is 9.59 Å². The monoisotopic (exact) mass is 295 g/mol. The lowest BCUT2D eigenvalue weighted by Gasteiger charge is -2.25. The Hall–Kier alpha value is -1.59. The standard InChI is InChI=1S/C14H18ClN3O2/c1-9-11(15)3-2-4-12(9)18-13(19)5-6-17-14(20)10-7-16-8-10/h2-4,10,16H,5-8H2,1H3,(H,17,20)(H,18,19). The largest absolute Gasteiger partial charge is 0.355 e. The summed E-state index contributed by atoms with van der Waals surface area (Å²) in [6.07, 6.45) is 0.248. The van der Waals surface area contributed by atoms with Crippen LogP contribution in [0.2, 0.25) is 5.02 Å². The Labute approximate surface area is 123 Å². The Kier molecular flexibility index (Phi) is 4.98. The molecule has 0 aliphatic carbocycles. The molecular formula is C14H18ClN3O2. The number of hydrogen-bond acceptors (Lipinski definition) is 3. The van der Waals surface area contributed by atoms with Gasteiger partial charge in [-0.1, -0.05) is 17.7 Å². The minimum absolute atomic E-state index is 0.00971. The highest BCUT2D eigenvalue weighted by Gasteiger charge is 2.24. The lowest BCUT2D eigenvalue weighted by atomic mass is 10.0. The summed E-state index contributed by atoms with van der Waals surface area (Å²) >= 11 is 5.99. The van der Waals surface area contributed by atoms with Crippen molar-refractivity contribution in [2.75, 3.05) is 25.0 Å². The van der Waals surface area contributed by atoms with Gasteiger partial charge in [-0.2, -0.15) is 0 Å². The van der Waals surface area contributed by atoms with Crippen LogP contribution in [0, 0.1) is 12.8 Å². The summed E-state index contributed by atoms with van der Waals surface area (Å²) in [6.45, 7) is 3.64. The molecule has 1 aliphatic rings. The first-order valence-electron chi connectivity index (χ1n) is 6.61. The maximum atomic E-state index is 11.8. The van der Waals surface area contributed by atoms with Crippen molar-refractivity contribution in [3.63, 3.8) is 0 Å². The molecule has 1 heterocycles. The van der Waals surface area contributed by atoms with Gasteiger partial charge in [0.15, 0.2) is 0 Å². The zero-order valence-electron chi connectivity index (χ0n) is 11.3. The van der Waals surface area contributed by atoms with Crippen molar-refractivity contribution < 1.29 is 9.59 Å². The van der Waals surface area contributed by atoms with Crippen molar-refractivity contribution in [1.29, 1.82) is 0 Å². The molecule has 2 amide bonds. The van der Waals surface area contributed by atoms with Crippen LogP contribution in [-0.2, 0) is 9.59 Å². The molecule has 0 bridgehead atoms. The minimum Gasteiger partial charge on any atom is -0.355 e. The van der Waals surface area contributed by atoms with Gasteiger partial charge >= 0.3 is 0 Å². The maximum absolute atomic E-state index is 11.8. The predicted octanol–water partition coefficient (Wildman–Crippen LogP) is 1.31. The van der Waals surface area contributed by atoms with E-state index in [4.69, 9.17) is 11.6 Å². The predicted molar refractivity (Wildman–Crippen MR) is 78.8 cm³/mol. The zero-order valence-corrected chi connectivity index (χ0v) is 12.1. The van der Waals surface area contributed by atoms with E-state index in [1.165, 1.54) is 0 Å². The fourth-order valence-electron chi connectivity index (χ4n) is 1.87. The van der Waals surface area contributed by atoms with E-state index in [9.17, 15) is 9.59 Å². The van der Waals surface area contributed by atoms with Crippen LogP contribution >= 0.6 is 11.6 Å². The second-order valence-electron chi connectivity index (χ2n) is 4.86. The van der Waals surface area contributed by atoms with Crippen molar-refractivity contribution in [2.45, 2.75) is 13.3 Å². The Balaban J connectivity index is 1.75. The summed E-state index contributed by atoms with van der Waals surface area (Å²) in [4.78, 5) is 23.4. The molecule has 20 heavy (non-hydrogen) atoms. The first kappa shape index (κ1) is 14.8. The van der Waals surface area contributed by atoms with E-state index in [0.717, 1.165) is 18.7 Å². The molecule has 108 valence electrons. The summed E-state index contributed by atoms with van der Waals surface area (Å²) in [7, 11) is 0. The van der Waals surface area contributed by atoms with Gasteiger partial charge in [0.25, 0.3) is 0 Å². The molecule has 1 aromatic carbocycles. The van der Waals surface area contributed by atoms with Gasteiger partial charge in [0.1, 0.15) is 0 Å². The maximum Gasteiger partial charge on any atom is 0.226 e. The summed E-state index contributed by atoms with van der Waals surface area (Å²) in [5.74, 6) is -0.0777. The van der Waals surface area contributed by atoms with Crippen LogP contribution in [0.25, 0.3) is 0 Å². The molecule has 0 unspecified atom stereocenters. The molecular weight excluding hydrogens is 278 g/mol. The number of hydrogen-bond donors (Lipinski definition) is 3. The Morgan fingerprint density at radius 1 is 1.40 bits per heavy atom. The summed E-state index contributed by atoms with van der Waals surface area (Å²) in [6, 6.07) is 5.37. The Morgan fingerprint density at radius 3 is 2.80 bits per heavy atom. The van der Waals surface area contributed by atoms with Crippen molar-refractivity contribution in [1.82, 2.24) is 10.6 Å². The molecule has 1 aliphatic heterocycles. The van der Waals surface area contributed by atoms with Crippen LogP contribution in [0.5, 0.6) is 0 Å². The number of carbonyl (C=O) groups excluding carboxylic acids is 2. The van der Waals surface area contributed by atoms with Crippen molar-refractivity contribution in [3.05, 3.63) is 28.8 Å². The molecule has 3 N–H and O–H groups in total. The highest BCUT2D eigenvalue weighted by atomic mass is 35.5. The van der Waals surface area contributed by atoms with Crippen LogP contribution < -0.4 is 16.0 Å². The summed E-state index contributed by atoms with van der Waals surface area (Å²) in [5.41, 5.74) is 1.55. The number of rotatable bonds is 5. The molecule has 6 heteroatoms. The van der Waals surface area contributed by atoms with E-state index in [2.05, 4.69) is 16.0 Å². The number of anilines is 1. The number of amides is 2. The molecule has 0 radical (unpaired) electrons. The smallest absolute Gasteiger partial charge is 0.226 e. The van der Waals surface area contributed by atoms with Crippen LogP contribution in [0.15, 0.2) is 18.2 Å². The number of benzene rings is 1. The molecule has 0 spiro atoms. The van der Waals surface area contributed by atoms with Crippen LogP contribution in [0.3, 0.4) is 0 Å². The molecule has 2 rings (SSSR count).